The summed E-state index contributed by atoms with van der Waals surface area (Å²) in [5.74, 6) is -0.573. The van der Waals surface area contributed by atoms with Gasteiger partial charge in [-0.1, -0.05) is 35.9 Å². The number of halogens is 1. The Morgan fingerprint density at radius 2 is 1.43 bits per heavy atom. The molecule has 13 nitrogen and oxygen atoms in total. The maximum Gasteiger partial charge on any atom is 0.306 e. The summed E-state index contributed by atoms with van der Waals surface area (Å²) in [4.78, 5) is 52.3. The van der Waals surface area contributed by atoms with Crippen LogP contribution >= 0.6 is 11.6 Å². The lowest BCUT2D eigenvalue weighted by molar-refractivity contribution is -0.143. The molecule has 1 saturated carbocycles. The van der Waals surface area contributed by atoms with Crippen molar-refractivity contribution in [1.29, 1.82) is 5.26 Å². The number of nitrogens with zero attached hydrogens (tertiary/aromatic N) is 7. The number of nitriles is 1. The highest BCUT2D eigenvalue weighted by molar-refractivity contribution is 6.36. The van der Waals surface area contributed by atoms with E-state index >= 15 is 0 Å². The Labute approximate surface area is 313 Å². The molecule has 4 aromatic rings. The molecule has 0 radical (unpaired) electrons. The number of carbonyl (C=O) groups is 3. The number of carboxylic acids is 1. The molecule has 276 valence electrons. The number of hydrogen-bond donors (Lipinski definition) is 3. The van der Waals surface area contributed by atoms with Crippen molar-refractivity contribution in [2.45, 2.75) is 58.0 Å². The van der Waals surface area contributed by atoms with Crippen molar-refractivity contribution in [3.63, 3.8) is 0 Å². The lowest BCUT2D eigenvalue weighted by atomic mass is 9.80. The van der Waals surface area contributed by atoms with E-state index in [1.165, 1.54) is 0 Å². The van der Waals surface area contributed by atoms with Gasteiger partial charge in [0.1, 0.15) is 6.07 Å². The van der Waals surface area contributed by atoms with Gasteiger partial charge in [0.15, 0.2) is 11.6 Å². The lowest BCUT2D eigenvalue weighted by Crippen LogP contribution is -2.33. The van der Waals surface area contributed by atoms with Gasteiger partial charge < -0.3 is 29.8 Å². The highest BCUT2D eigenvalue weighted by atomic mass is 35.5. The van der Waals surface area contributed by atoms with Gasteiger partial charge in [0.05, 0.1) is 39.3 Å². The molecule has 3 aliphatic rings. The number of aliphatic carboxylic acids is 1. The molecule has 0 spiro atoms. The molecule has 2 amide bonds. The molecule has 0 atom stereocenters. The summed E-state index contributed by atoms with van der Waals surface area (Å²) in [5.41, 5.74) is 5.80. The molecule has 1 aliphatic carbocycles. The van der Waals surface area contributed by atoms with Crippen molar-refractivity contribution in [2.24, 2.45) is 25.9 Å². The van der Waals surface area contributed by atoms with Crippen molar-refractivity contribution in [3.8, 4) is 17.2 Å². The maximum atomic E-state index is 13.7. The second-order valence-corrected chi connectivity index (χ2v) is 14.9. The Hall–Kier alpha value is -5.03. The summed E-state index contributed by atoms with van der Waals surface area (Å²) in [6, 6.07) is 12.7. The zero-order chi connectivity index (χ0) is 37.4. The van der Waals surface area contributed by atoms with E-state index in [4.69, 9.17) is 16.6 Å². The monoisotopic (exact) mass is 737 g/mol. The number of fused-ring (bicyclic) bond motifs is 2. The van der Waals surface area contributed by atoms with Gasteiger partial charge in [0.25, 0.3) is 11.8 Å². The Morgan fingerprint density at radius 1 is 0.849 bits per heavy atom. The van der Waals surface area contributed by atoms with E-state index in [0.717, 1.165) is 87.4 Å². The van der Waals surface area contributed by atoms with Crippen LogP contribution < -0.4 is 10.6 Å². The molecule has 7 rings (SSSR count). The molecular weight excluding hydrogens is 694 g/mol. The number of aromatic nitrogens is 4. The first-order valence-corrected chi connectivity index (χ1v) is 18.6. The van der Waals surface area contributed by atoms with E-state index in [1.54, 1.807) is 36.4 Å². The lowest BCUT2D eigenvalue weighted by Gasteiger charge is -2.30. The first-order chi connectivity index (χ1) is 25.5. The number of carboxylic acid groups (broad SMARTS) is 1. The van der Waals surface area contributed by atoms with Crippen molar-refractivity contribution in [2.75, 3.05) is 37.3 Å². The molecule has 2 aliphatic heterocycles. The smallest absolute Gasteiger partial charge is 0.306 e. The molecule has 1 fully saturated rings. The van der Waals surface area contributed by atoms with Gasteiger partial charge in [-0.25, -0.2) is 9.97 Å². The standard InChI is InChI=1S/C39H44ClN9O4/c1-46-17-15-32-30(21-46)42-35(47(32)2)37(50)44-28-8-4-6-25(27(28)20-41)26-7-5-9-29(34(26)40)45-38(51)36-43-31-22-49(19-16-33(31)48(36)3)18-14-23-10-12-24(13-11-23)39(52)53/h4-9,23-24H,10-19,21-22H2,1-3H3,(H,44,50)(H,45,51)(H,52,53)/t23-,24-. The van der Waals surface area contributed by atoms with E-state index in [0.29, 0.717) is 41.5 Å². The number of anilines is 2. The predicted octanol–water partition coefficient (Wildman–Crippen LogP) is 5.48. The fraction of sp³-hybridized carbons (Fsp3) is 0.436. The Balaban J connectivity index is 1.04. The third-order valence-corrected chi connectivity index (χ3v) is 11.6. The van der Waals surface area contributed by atoms with Crippen LogP contribution in [-0.4, -0.2) is 78.5 Å². The van der Waals surface area contributed by atoms with Crippen molar-refractivity contribution in [1.82, 2.24) is 28.9 Å². The van der Waals surface area contributed by atoms with Crippen LogP contribution in [0.2, 0.25) is 5.02 Å². The van der Waals surface area contributed by atoms with Crippen LogP contribution in [0.15, 0.2) is 36.4 Å². The minimum Gasteiger partial charge on any atom is -0.481 e. The van der Waals surface area contributed by atoms with Gasteiger partial charge in [-0.2, -0.15) is 5.26 Å². The summed E-state index contributed by atoms with van der Waals surface area (Å²) in [6.07, 6.45) is 6.03. The van der Waals surface area contributed by atoms with Gasteiger partial charge >= 0.3 is 5.97 Å². The second kappa shape index (κ2) is 15.1. The zero-order valence-electron chi connectivity index (χ0n) is 30.3. The Kier molecular flexibility index (Phi) is 10.4. The zero-order valence-corrected chi connectivity index (χ0v) is 31.0. The quantitative estimate of drug-likeness (QED) is 0.202. The number of carbonyl (C=O) groups excluding carboxylic acids is 2. The highest BCUT2D eigenvalue weighted by Crippen LogP contribution is 2.38. The summed E-state index contributed by atoms with van der Waals surface area (Å²) in [6.45, 7) is 4.00. The topological polar surface area (TPSA) is 161 Å². The van der Waals surface area contributed by atoms with Crippen molar-refractivity contribution < 1.29 is 19.5 Å². The molecule has 3 N–H and O–H groups in total. The highest BCUT2D eigenvalue weighted by Gasteiger charge is 2.29. The number of benzene rings is 2. The van der Waals surface area contributed by atoms with Gasteiger partial charge in [0.2, 0.25) is 0 Å². The molecule has 53 heavy (non-hydrogen) atoms. The molecular formula is C39H44ClN9O4. The minimum atomic E-state index is -0.676. The molecule has 2 aromatic carbocycles. The largest absolute Gasteiger partial charge is 0.481 e. The molecule has 14 heteroatoms. The third kappa shape index (κ3) is 7.31. The van der Waals surface area contributed by atoms with Crippen LogP contribution in [-0.2, 0) is 44.8 Å². The first kappa shape index (κ1) is 36.3. The Morgan fingerprint density at radius 3 is 2.08 bits per heavy atom. The fourth-order valence-electron chi connectivity index (χ4n) is 8.10. The number of hydrogen-bond acceptors (Lipinski definition) is 8. The van der Waals surface area contributed by atoms with Crippen LogP contribution in [0.1, 0.15) is 81.7 Å². The summed E-state index contributed by atoms with van der Waals surface area (Å²) >= 11 is 6.94. The van der Waals surface area contributed by atoms with Gasteiger partial charge in [-0.15, -0.1) is 0 Å². The third-order valence-electron chi connectivity index (χ3n) is 11.2. The molecule has 2 aromatic heterocycles. The molecule has 0 unspecified atom stereocenters. The summed E-state index contributed by atoms with van der Waals surface area (Å²) < 4.78 is 3.67. The molecule has 0 saturated heterocycles. The summed E-state index contributed by atoms with van der Waals surface area (Å²) in [7, 11) is 5.71. The number of likely N-dealkylation sites (N-methyl/N-ethyl adjacent to an activating group) is 1. The van der Waals surface area contributed by atoms with Crippen LogP contribution in [0, 0.1) is 23.2 Å². The van der Waals surface area contributed by atoms with E-state index in [1.807, 2.05) is 30.3 Å². The molecule has 0 bridgehead atoms. The fourth-order valence-corrected chi connectivity index (χ4v) is 8.37. The van der Waals surface area contributed by atoms with Crippen LogP contribution in [0.25, 0.3) is 11.1 Å². The predicted molar refractivity (Wildman–Crippen MR) is 201 cm³/mol. The SMILES string of the molecule is CN1CCc2c(nc(C(=O)Nc3cccc(-c4cccc(NC(=O)c5nc6c(n5C)CCN(CC[C@H]5CC[C@H](C(=O)O)CC5)C6)c4Cl)c3C#N)n2C)C1. The molecule has 4 heterocycles. The van der Waals surface area contributed by atoms with Crippen LogP contribution in [0.5, 0.6) is 0 Å². The normalized spacial score (nSPS) is 18.8. The number of amides is 2. The van der Waals surface area contributed by atoms with Gasteiger partial charge in [-0.3, -0.25) is 19.3 Å². The van der Waals surface area contributed by atoms with E-state index < -0.39 is 17.8 Å². The van der Waals surface area contributed by atoms with E-state index in [2.05, 4.69) is 31.5 Å². The maximum absolute atomic E-state index is 13.7. The second-order valence-electron chi connectivity index (χ2n) is 14.5. The van der Waals surface area contributed by atoms with Gasteiger partial charge in [-0.05, 0) is 63.7 Å². The first-order valence-electron chi connectivity index (χ1n) is 18.2. The van der Waals surface area contributed by atoms with Crippen molar-refractivity contribution in [3.05, 3.63) is 81.4 Å². The average molecular weight is 738 g/mol. The van der Waals surface area contributed by atoms with Crippen LogP contribution in [0.3, 0.4) is 0 Å². The number of rotatable bonds is 9. The number of nitrogens with one attached hydrogen (secondary N) is 2. The number of imidazole rings is 2. The van der Waals surface area contributed by atoms with Gasteiger partial charge in [0, 0.05) is 75.6 Å². The average Bonchev–Trinajstić information content (AvgIpc) is 3.66. The minimum absolute atomic E-state index is 0.203. The summed E-state index contributed by atoms with van der Waals surface area (Å²) in [5, 5.41) is 25.7. The van der Waals surface area contributed by atoms with Crippen molar-refractivity contribution >= 4 is 40.8 Å². The Bertz CT molecular complexity index is 2120. The van der Waals surface area contributed by atoms with Crippen LogP contribution in [0.4, 0.5) is 11.4 Å². The van der Waals surface area contributed by atoms with E-state index in [-0.39, 0.29) is 28.2 Å². The van der Waals surface area contributed by atoms with E-state index in [9.17, 15) is 24.8 Å².